The summed E-state index contributed by atoms with van der Waals surface area (Å²) in [5, 5.41) is 0.310. The van der Waals surface area contributed by atoms with Crippen molar-refractivity contribution in [2.45, 2.75) is 16.1 Å². The van der Waals surface area contributed by atoms with Crippen LogP contribution in [0.4, 0.5) is 23.2 Å². The van der Waals surface area contributed by atoms with Crippen LogP contribution in [0.15, 0.2) is 46.5 Å². The van der Waals surface area contributed by atoms with Gasteiger partial charge in [-0.1, -0.05) is 11.8 Å². The van der Waals surface area contributed by atoms with Gasteiger partial charge in [0.1, 0.15) is 10.8 Å². The Morgan fingerprint density at radius 1 is 1.11 bits per heavy atom. The molecule has 0 aliphatic rings. The number of rotatable bonds is 2. The molecule has 0 amide bonds. The Hall–Kier alpha value is -1.76. The van der Waals surface area contributed by atoms with Crippen LogP contribution < -0.4 is 5.73 Å². The van der Waals surface area contributed by atoms with Gasteiger partial charge < -0.3 is 5.73 Å². The first-order valence-electron chi connectivity index (χ1n) is 5.12. The van der Waals surface area contributed by atoms with Gasteiger partial charge in [-0.2, -0.15) is 13.2 Å². The number of nitrogens with zero attached hydrogens (tertiary/aromatic N) is 1. The van der Waals surface area contributed by atoms with Crippen LogP contribution in [0.3, 0.4) is 0 Å². The van der Waals surface area contributed by atoms with Gasteiger partial charge in [-0.15, -0.1) is 0 Å². The molecule has 0 aliphatic heterocycles. The first-order chi connectivity index (χ1) is 8.86. The summed E-state index contributed by atoms with van der Waals surface area (Å²) in [6.45, 7) is 0. The topological polar surface area (TPSA) is 38.9 Å². The number of alkyl halides is 3. The molecule has 2 nitrogen and oxygen atoms in total. The van der Waals surface area contributed by atoms with E-state index in [2.05, 4.69) is 4.98 Å². The highest BCUT2D eigenvalue weighted by molar-refractivity contribution is 7.99. The normalized spacial score (nSPS) is 11.6. The van der Waals surface area contributed by atoms with Gasteiger partial charge in [0.2, 0.25) is 0 Å². The van der Waals surface area contributed by atoms with E-state index in [4.69, 9.17) is 5.73 Å². The third-order valence-corrected chi connectivity index (χ3v) is 3.28. The minimum atomic E-state index is -4.42. The van der Waals surface area contributed by atoms with Crippen LogP contribution in [0.1, 0.15) is 5.56 Å². The van der Waals surface area contributed by atoms with Gasteiger partial charge in [0.05, 0.1) is 5.56 Å². The van der Waals surface area contributed by atoms with Gasteiger partial charge in [0.25, 0.3) is 0 Å². The lowest BCUT2D eigenvalue weighted by atomic mass is 10.3. The fourth-order valence-electron chi connectivity index (χ4n) is 1.32. The van der Waals surface area contributed by atoms with Crippen molar-refractivity contribution in [2.75, 3.05) is 5.73 Å². The Labute approximate surface area is 110 Å². The summed E-state index contributed by atoms with van der Waals surface area (Å²) in [5.41, 5.74) is 5.15. The van der Waals surface area contributed by atoms with Gasteiger partial charge in [-0.3, -0.25) is 0 Å². The van der Waals surface area contributed by atoms with Crippen molar-refractivity contribution in [3.8, 4) is 0 Å². The molecule has 2 rings (SSSR count). The number of halogens is 4. The van der Waals surface area contributed by atoms with Crippen molar-refractivity contribution >= 4 is 17.4 Å². The molecule has 0 unspecified atom stereocenters. The zero-order chi connectivity index (χ0) is 14.0. The minimum absolute atomic E-state index is 0.310. The van der Waals surface area contributed by atoms with Gasteiger partial charge in [0.15, 0.2) is 0 Å². The van der Waals surface area contributed by atoms with Crippen LogP contribution in [-0.2, 0) is 6.18 Å². The highest BCUT2D eigenvalue weighted by Crippen LogP contribution is 2.33. The number of nitrogens with two attached hydrogens (primary N) is 1. The molecule has 0 atom stereocenters. The first kappa shape index (κ1) is 13.7. The molecule has 0 spiro atoms. The maximum absolute atomic E-state index is 13.0. The van der Waals surface area contributed by atoms with Crippen molar-refractivity contribution in [2.24, 2.45) is 0 Å². The Morgan fingerprint density at radius 3 is 2.42 bits per heavy atom. The summed E-state index contributed by atoms with van der Waals surface area (Å²) < 4.78 is 50.1. The predicted octanol–water partition coefficient (Wildman–Crippen LogP) is 3.97. The molecule has 0 aliphatic carbocycles. The van der Waals surface area contributed by atoms with Gasteiger partial charge in [-0.25, -0.2) is 9.37 Å². The van der Waals surface area contributed by atoms with Crippen molar-refractivity contribution in [1.82, 2.24) is 4.98 Å². The molecule has 0 bridgehead atoms. The van der Waals surface area contributed by atoms with Crippen molar-refractivity contribution in [3.05, 3.63) is 47.9 Å². The highest BCUT2D eigenvalue weighted by atomic mass is 32.2. The lowest BCUT2D eigenvalue weighted by Crippen LogP contribution is -2.05. The molecule has 7 heteroatoms. The van der Waals surface area contributed by atoms with E-state index in [-0.39, 0.29) is 0 Å². The van der Waals surface area contributed by atoms with Crippen LogP contribution in [-0.4, -0.2) is 4.98 Å². The zero-order valence-corrected chi connectivity index (χ0v) is 10.2. The number of pyridine rings is 1. The molecular formula is C12H8F4N2S. The molecule has 2 N–H and O–H groups in total. The average molecular weight is 288 g/mol. The van der Waals surface area contributed by atoms with Crippen molar-refractivity contribution in [1.29, 1.82) is 0 Å². The predicted molar refractivity (Wildman–Crippen MR) is 64.2 cm³/mol. The summed E-state index contributed by atoms with van der Waals surface area (Å²) in [6.07, 6.45) is -3.69. The molecule has 0 saturated heterocycles. The highest BCUT2D eigenvalue weighted by Gasteiger charge is 2.30. The molecule has 1 heterocycles. The average Bonchev–Trinajstić information content (AvgIpc) is 2.33. The third-order valence-electron chi connectivity index (χ3n) is 2.25. The maximum Gasteiger partial charge on any atom is 0.417 e. The SMILES string of the molecule is Nc1ccc(F)cc1Sc1ccc(C(F)(F)F)cn1. The Kier molecular flexibility index (Phi) is 3.66. The van der Waals surface area contributed by atoms with Crippen LogP contribution in [0.25, 0.3) is 0 Å². The van der Waals surface area contributed by atoms with E-state index in [1.54, 1.807) is 0 Å². The van der Waals surface area contributed by atoms with Gasteiger partial charge in [0, 0.05) is 16.8 Å². The fourth-order valence-corrected chi connectivity index (χ4v) is 2.14. The smallest absolute Gasteiger partial charge is 0.398 e. The number of hydrogen-bond acceptors (Lipinski definition) is 3. The summed E-state index contributed by atoms with van der Waals surface area (Å²) in [7, 11) is 0. The molecule has 2 aromatic rings. The fraction of sp³-hybridized carbons (Fsp3) is 0.0833. The number of nitrogen functional groups attached to an aromatic ring is 1. The minimum Gasteiger partial charge on any atom is -0.398 e. The number of hydrogen-bond donors (Lipinski definition) is 1. The molecule has 19 heavy (non-hydrogen) atoms. The van der Waals surface area contributed by atoms with E-state index < -0.39 is 17.6 Å². The second-order valence-corrected chi connectivity index (χ2v) is 4.73. The van der Waals surface area contributed by atoms with Gasteiger partial charge >= 0.3 is 6.18 Å². The third kappa shape index (κ3) is 3.37. The van der Waals surface area contributed by atoms with Crippen LogP contribution >= 0.6 is 11.8 Å². The molecule has 0 saturated carbocycles. The number of benzene rings is 1. The molecular weight excluding hydrogens is 280 g/mol. The monoisotopic (exact) mass is 288 g/mol. The summed E-state index contributed by atoms with van der Waals surface area (Å²) in [6, 6.07) is 5.95. The van der Waals surface area contributed by atoms with E-state index in [0.717, 1.165) is 24.0 Å². The Balaban J connectivity index is 2.22. The number of aromatic nitrogens is 1. The van der Waals surface area contributed by atoms with E-state index in [0.29, 0.717) is 15.6 Å². The molecule has 0 fully saturated rings. The largest absolute Gasteiger partial charge is 0.417 e. The standard InChI is InChI=1S/C12H8F4N2S/c13-8-2-3-9(17)10(5-8)19-11-4-1-7(6-18-11)12(14,15)16/h1-6H,17H2. The molecule has 1 aromatic heterocycles. The summed E-state index contributed by atoms with van der Waals surface area (Å²) in [5.74, 6) is -0.469. The lowest BCUT2D eigenvalue weighted by molar-refractivity contribution is -0.137. The van der Waals surface area contributed by atoms with Crippen LogP contribution in [0.5, 0.6) is 0 Å². The number of anilines is 1. The second kappa shape index (κ2) is 5.08. The Morgan fingerprint density at radius 2 is 1.84 bits per heavy atom. The quantitative estimate of drug-likeness (QED) is 0.671. The summed E-state index contributed by atoms with van der Waals surface area (Å²) >= 11 is 1.00. The maximum atomic E-state index is 13.0. The van der Waals surface area contributed by atoms with Crippen LogP contribution in [0, 0.1) is 5.82 Å². The molecule has 1 aromatic carbocycles. The van der Waals surface area contributed by atoms with Gasteiger partial charge in [-0.05, 0) is 30.3 Å². The second-order valence-electron chi connectivity index (χ2n) is 3.67. The van der Waals surface area contributed by atoms with Crippen molar-refractivity contribution in [3.63, 3.8) is 0 Å². The molecule has 0 radical (unpaired) electrons. The van der Waals surface area contributed by atoms with E-state index >= 15 is 0 Å². The van der Waals surface area contributed by atoms with E-state index in [1.165, 1.54) is 24.3 Å². The van der Waals surface area contributed by atoms with Crippen LogP contribution in [0.2, 0.25) is 0 Å². The molecule has 100 valence electrons. The van der Waals surface area contributed by atoms with E-state index in [9.17, 15) is 17.6 Å². The zero-order valence-electron chi connectivity index (χ0n) is 9.41. The lowest BCUT2D eigenvalue weighted by Gasteiger charge is -2.07. The van der Waals surface area contributed by atoms with E-state index in [1.807, 2.05) is 0 Å². The first-order valence-corrected chi connectivity index (χ1v) is 5.94. The van der Waals surface area contributed by atoms with Crippen molar-refractivity contribution < 1.29 is 17.6 Å². The Bertz CT molecular complexity index is 581. The summed E-state index contributed by atoms with van der Waals surface area (Å²) in [4.78, 5) is 4.09.